The molecular formula is C27H27BrN7O5Re-. The summed E-state index contributed by atoms with van der Waals surface area (Å²) in [6.07, 6.45) is 3.96. The Hall–Kier alpha value is -3.49. The van der Waals surface area contributed by atoms with Crippen molar-refractivity contribution < 1.29 is 60.9 Å². The van der Waals surface area contributed by atoms with E-state index in [1.165, 1.54) is 0 Å². The molecule has 0 bridgehead atoms. The number of carbonyl (C=O) groups is 1. The number of esters is 1. The van der Waals surface area contributed by atoms with Crippen molar-refractivity contribution in [3.8, 4) is 0 Å². The Morgan fingerprint density at radius 2 is 1.17 bits per heavy atom. The molecule has 0 saturated carbocycles. The Bertz CT molecular complexity index is 1230. The maximum Gasteiger partial charge on any atom is 0 e. The molecule has 0 aliphatic rings. The minimum Gasteiger partial charge on any atom is 0 e. The van der Waals surface area contributed by atoms with Crippen LogP contribution in [0.5, 0.6) is 0 Å². The summed E-state index contributed by atoms with van der Waals surface area (Å²) in [6, 6.07) is 19.9. The molecule has 2 aromatic heterocycles. The van der Waals surface area contributed by atoms with Crippen LogP contribution < -0.4 is 22.7 Å². The van der Waals surface area contributed by atoms with E-state index in [1.807, 2.05) is 60.7 Å². The molecule has 0 unspecified atom stereocenters. The molecule has 2 heterocycles. The minimum absolute atomic E-state index is 0. The minimum atomic E-state index is -1.34. The van der Waals surface area contributed by atoms with Gasteiger partial charge in [0.25, 0.3) is 0 Å². The van der Waals surface area contributed by atoms with Crippen LogP contribution in [0.15, 0.2) is 73.1 Å². The molecule has 0 atom stereocenters. The summed E-state index contributed by atoms with van der Waals surface area (Å²) >= 11 is 0. The quantitative estimate of drug-likeness (QED) is 0.121. The molecule has 0 aliphatic heterocycles. The predicted octanol–water partition coefficient (Wildman–Crippen LogP) is -1.10. The van der Waals surface area contributed by atoms with Gasteiger partial charge in [0.2, 0.25) is 0 Å². The fourth-order valence-electron chi connectivity index (χ4n) is 3.66. The Balaban J connectivity index is 0. The van der Waals surface area contributed by atoms with Gasteiger partial charge in [0.1, 0.15) is 5.54 Å². The Kier molecular flexibility index (Phi) is 21.5. The van der Waals surface area contributed by atoms with Crippen molar-refractivity contribution in [2.24, 2.45) is 5.73 Å². The van der Waals surface area contributed by atoms with Crippen LogP contribution in [0.4, 0.5) is 0 Å². The van der Waals surface area contributed by atoms with Gasteiger partial charge in [0, 0.05) is 45.7 Å². The van der Waals surface area contributed by atoms with Gasteiger partial charge in [-0.15, -0.1) is 10.2 Å². The number of hydrogen-bond acceptors (Lipinski definition) is 7. The van der Waals surface area contributed by atoms with E-state index in [4.69, 9.17) is 24.4 Å². The van der Waals surface area contributed by atoms with Crippen molar-refractivity contribution in [3.63, 3.8) is 0 Å². The number of nitrogens with two attached hydrogens (primary N) is 1. The van der Waals surface area contributed by atoms with E-state index in [0.717, 1.165) is 11.1 Å². The summed E-state index contributed by atoms with van der Waals surface area (Å²) in [7, 11) is 0. The van der Waals surface area contributed by atoms with E-state index in [-0.39, 0.29) is 56.9 Å². The number of halogens is 1. The zero-order valence-electron chi connectivity index (χ0n) is 22.0. The summed E-state index contributed by atoms with van der Waals surface area (Å²) in [6.45, 7) is 16.7. The van der Waals surface area contributed by atoms with Crippen molar-refractivity contribution in [2.45, 2.75) is 38.4 Å². The van der Waals surface area contributed by atoms with Crippen molar-refractivity contribution in [1.29, 1.82) is 0 Å². The van der Waals surface area contributed by atoms with Gasteiger partial charge < -0.3 is 27.5 Å². The number of rotatable bonds is 10. The molecule has 0 fully saturated rings. The molecule has 2 N–H and O–H groups in total. The summed E-state index contributed by atoms with van der Waals surface area (Å²) in [5.41, 5.74) is 8.68. The molecule has 4 rings (SSSR count). The average molecular weight is 796 g/mol. The zero-order valence-corrected chi connectivity index (χ0v) is 26.3. The van der Waals surface area contributed by atoms with E-state index in [1.54, 1.807) is 28.7 Å². The number of aromatic nitrogens is 6. The van der Waals surface area contributed by atoms with E-state index in [9.17, 15) is 4.79 Å². The Labute approximate surface area is 262 Å². The molecule has 1 radical (unpaired) electrons. The average Bonchev–Trinajstić information content (AvgIpc) is 3.61. The first kappa shape index (κ1) is 39.7. The molecule has 0 aliphatic carbocycles. The smallest absolute Gasteiger partial charge is 0 e. The topological polar surface area (TPSA) is 173 Å². The molecule has 12 nitrogen and oxygen atoms in total. The number of ether oxygens (including phenoxy) is 1. The van der Waals surface area contributed by atoms with Gasteiger partial charge >= 0.3 is 39.9 Å². The molecule has 2 aromatic carbocycles. The third kappa shape index (κ3) is 13.1. The molecule has 0 amide bonds. The molecule has 0 spiro atoms. The van der Waals surface area contributed by atoms with Crippen LogP contribution >= 0.6 is 0 Å². The van der Waals surface area contributed by atoms with Crippen LogP contribution in [0.1, 0.15) is 29.4 Å². The molecular weight excluding hydrogens is 768 g/mol. The summed E-state index contributed by atoms with van der Waals surface area (Å²) in [4.78, 5) is 12.8. The number of benzene rings is 2. The largest absolute Gasteiger partial charge is 0 e. The van der Waals surface area contributed by atoms with Crippen LogP contribution in [-0.2, 0) is 69.8 Å². The van der Waals surface area contributed by atoms with Crippen LogP contribution in [-0.4, -0.2) is 48.1 Å². The summed E-state index contributed by atoms with van der Waals surface area (Å²) < 4.78 is 31.2. The van der Waals surface area contributed by atoms with Gasteiger partial charge in [-0.3, -0.25) is 4.79 Å². The van der Waals surface area contributed by atoms with Crippen molar-refractivity contribution in [3.05, 3.63) is 116 Å². The number of carbonyl (C=O) groups excluding carboxylic acids is 1. The maximum atomic E-state index is 12.8. The van der Waals surface area contributed by atoms with Crippen LogP contribution in [0, 0.1) is 20.0 Å². The molecule has 14 heteroatoms. The second-order valence-electron chi connectivity index (χ2n) is 8.02. The second-order valence-corrected chi connectivity index (χ2v) is 8.02. The van der Waals surface area contributed by atoms with E-state index < -0.39 is 11.5 Å². The van der Waals surface area contributed by atoms with Crippen LogP contribution in [0.3, 0.4) is 0 Å². The zero-order chi connectivity index (χ0) is 29.1. The fraction of sp³-hybridized carbons (Fsp3) is 0.259. The third-order valence-corrected chi connectivity index (χ3v) is 5.22. The molecule has 4 aromatic rings. The fourth-order valence-corrected chi connectivity index (χ4v) is 3.66. The van der Waals surface area contributed by atoms with Gasteiger partial charge in [0.15, 0.2) is 0 Å². The third-order valence-electron chi connectivity index (χ3n) is 5.22. The summed E-state index contributed by atoms with van der Waals surface area (Å²) in [5.74, 6) is -0.500. The number of hydrogen-bond donors (Lipinski definition) is 1. The monoisotopic (exact) mass is 795 g/mol. The van der Waals surface area contributed by atoms with Crippen molar-refractivity contribution >= 4 is 5.97 Å². The van der Waals surface area contributed by atoms with Crippen molar-refractivity contribution in [1.82, 2.24) is 30.0 Å². The Morgan fingerprint density at radius 3 is 1.51 bits per heavy atom. The molecule has 0 saturated heterocycles. The summed E-state index contributed by atoms with van der Waals surface area (Å²) in [5, 5.41) is 16.8. The van der Waals surface area contributed by atoms with Gasteiger partial charge in [-0.1, -0.05) is 71.1 Å². The second kappa shape index (κ2) is 22.2. The Morgan fingerprint density at radius 1 is 0.805 bits per heavy atom. The first-order valence-electron chi connectivity index (χ1n) is 11.5. The predicted molar refractivity (Wildman–Crippen MR) is 134 cm³/mol. The van der Waals surface area contributed by atoms with E-state index >= 15 is 0 Å². The van der Waals surface area contributed by atoms with Crippen LogP contribution in [0.25, 0.3) is 0 Å². The van der Waals surface area contributed by atoms with E-state index in [2.05, 4.69) is 40.6 Å². The molecule has 215 valence electrons. The maximum absolute atomic E-state index is 12.8. The standard InChI is InChI=1S/C24H27N7O2.3CO.BrH.Re/c1-2-33-23(32)24(25,13-21-17-30(28-26-21)15-19-9-5-3-6-10-19)14-22-18-31(29-27-22)16-20-11-7-4-8-12-20;3*1-2;;/h3-12,17-18H,2,13-16,25H2,1H3;;;;1H;/p-1. The van der Waals surface area contributed by atoms with Crippen LogP contribution in [0.2, 0.25) is 0 Å². The van der Waals surface area contributed by atoms with Gasteiger partial charge in [0.05, 0.1) is 31.1 Å². The number of nitrogens with zero attached hydrogens (tertiary/aromatic N) is 6. The van der Waals surface area contributed by atoms with E-state index in [0.29, 0.717) is 24.5 Å². The van der Waals surface area contributed by atoms with Gasteiger partial charge in [-0.05, 0) is 18.1 Å². The van der Waals surface area contributed by atoms with Gasteiger partial charge in [-0.25, -0.2) is 9.36 Å². The SMILES string of the molecule is CCOC(=O)C(N)(Cc1cn(Cc2ccccc2)nn1)Cc1cn(Cc2ccccc2)nn1.[Br-].[C-]#[O+].[C-]#[O+].[C-]#[O+].[Re]. The van der Waals surface area contributed by atoms with Gasteiger partial charge in [-0.2, -0.15) is 0 Å². The van der Waals surface area contributed by atoms with Crippen molar-refractivity contribution in [2.75, 3.05) is 6.61 Å². The first-order chi connectivity index (χ1) is 19.0. The molecule has 41 heavy (non-hydrogen) atoms. The first-order valence-corrected chi connectivity index (χ1v) is 11.5. The normalized spacial score (nSPS) is 9.37.